The van der Waals surface area contributed by atoms with Crippen LogP contribution in [0.5, 0.6) is 0 Å². The van der Waals surface area contributed by atoms with Crippen molar-refractivity contribution < 1.29 is 19.2 Å². The SMILES string of the molecule is CC1(C)OB(c2cn(C(=O)O)c3cccnc23)OC1(C)C. The monoisotopic (exact) mass is 288 g/mol. The van der Waals surface area contributed by atoms with Gasteiger partial charge in [0.15, 0.2) is 0 Å². The highest BCUT2D eigenvalue weighted by Gasteiger charge is 2.52. The summed E-state index contributed by atoms with van der Waals surface area (Å²) in [5, 5.41) is 9.30. The number of aromatic nitrogens is 2. The van der Waals surface area contributed by atoms with Crippen molar-refractivity contribution in [3.63, 3.8) is 0 Å². The molecule has 0 unspecified atom stereocenters. The fourth-order valence-corrected chi connectivity index (χ4v) is 2.38. The third kappa shape index (κ3) is 2.04. The number of carboxylic acid groups (broad SMARTS) is 1. The maximum Gasteiger partial charge on any atom is 0.498 e. The van der Waals surface area contributed by atoms with Crippen LogP contribution in [-0.4, -0.2) is 39.1 Å². The fraction of sp³-hybridized carbons (Fsp3) is 0.429. The van der Waals surface area contributed by atoms with Gasteiger partial charge in [-0.1, -0.05) is 0 Å². The maximum atomic E-state index is 11.4. The average molecular weight is 288 g/mol. The van der Waals surface area contributed by atoms with Crippen LogP contribution in [-0.2, 0) is 9.31 Å². The molecule has 0 saturated carbocycles. The summed E-state index contributed by atoms with van der Waals surface area (Å²) in [7, 11) is -0.631. The van der Waals surface area contributed by atoms with Crippen LogP contribution in [0.3, 0.4) is 0 Å². The molecule has 7 heteroatoms. The van der Waals surface area contributed by atoms with Gasteiger partial charge >= 0.3 is 13.2 Å². The quantitative estimate of drug-likeness (QED) is 0.811. The van der Waals surface area contributed by atoms with Crippen molar-refractivity contribution in [2.45, 2.75) is 38.9 Å². The molecule has 1 N–H and O–H groups in total. The molecule has 1 saturated heterocycles. The van der Waals surface area contributed by atoms with Crippen LogP contribution in [0, 0.1) is 0 Å². The summed E-state index contributed by atoms with van der Waals surface area (Å²) in [6.45, 7) is 7.82. The molecule has 1 aliphatic rings. The van der Waals surface area contributed by atoms with Gasteiger partial charge in [0.2, 0.25) is 0 Å². The minimum absolute atomic E-state index is 0.482. The van der Waals surface area contributed by atoms with E-state index in [-0.39, 0.29) is 0 Å². The predicted molar refractivity (Wildman–Crippen MR) is 78.9 cm³/mol. The molecule has 0 spiro atoms. The second kappa shape index (κ2) is 4.32. The largest absolute Gasteiger partial charge is 0.498 e. The van der Waals surface area contributed by atoms with Gasteiger partial charge in [-0.3, -0.25) is 9.55 Å². The molecule has 0 bridgehead atoms. The predicted octanol–water partition coefficient (Wildman–Crippen LogP) is 1.86. The summed E-state index contributed by atoms with van der Waals surface area (Å²) in [4.78, 5) is 15.6. The molecular formula is C14H17BN2O4. The van der Waals surface area contributed by atoms with E-state index in [9.17, 15) is 9.90 Å². The highest BCUT2D eigenvalue weighted by atomic mass is 16.7. The number of fused-ring (bicyclic) bond motifs is 1. The minimum Gasteiger partial charge on any atom is -0.464 e. The van der Waals surface area contributed by atoms with Crippen molar-refractivity contribution in [2.24, 2.45) is 0 Å². The molecule has 0 amide bonds. The molecule has 2 aromatic heterocycles. The molecule has 3 heterocycles. The van der Waals surface area contributed by atoms with E-state index in [0.717, 1.165) is 4.57 Å². The highest BCUT2D eigenvalue weighted by molar-refractivity contribution is 6.65. The van der Waals surface area contributed by atoms with Crippen molar-refractivity contribution in [3.8, 4) is 0 Å². The first kappa shape index (κ1) is 14.1. The molecule has 3 rings (SSSR count). The van der Waals surface area contributed by atoms with Gasteiger partial charge in [0.1, 0.15) is 0 Å². The summed E-state index contributed by atoms with van der Waals surface area (Å²) in [6.07, 6.45) is 2.08. The lowest BCUT2D eigenvalue weighted by atomic mass is 9.80. The van der Waals surface area contributed by atoms with E-state index in [1.54, 1.807) is 18.3 Å². The normalized spacial score (nSPS) is 20.1. The van der Waals surface area contributed by atoms with Crippen molar-refractivity contribution in [1.82, 2.24) is 9.55 Å². The Morgan fingerprint density at radius 2 is 1.90 bits per heavy atom. The second-order valence-electron chi connectivity index (χ2n) is 6.20. The number of rotatable bonds is 1. The van der Waals surface area contributed by atoms with Crippen molar-refractivity contribution in [1.29, 1.82) is 0 Å². The zero-order chi connectivity index (χ0) is 15.4. The Hall–Kier alpha value is -1.86. The Morgan fingerprint density at radius 1 is 1.29 bits per heavy atom. The lowest BCUT2D eigenvalue weighted by Gasteiger charge is -2.32. The zero-order valence-corrected chi connectivity index (χ0v) is 12.5. The first-order valence-corrected chi connectivity index (χ1v) is 6.78. The number of carbonyl (C=O) groups is 1. The molecule has 6 nitrogen and oxygen atoms in total. The lowest BCUT2D eigenvalue weighted by molar-refractivity contribution is 0.00578. The smallest absolute Gasteiger partial charge is 0.464 e. The molecule has 1 aliphatic heterocycles. The molecule has 21 heavy (non-hydrogen) atoms. The Morgan fingerprint density at radius 3 is 2.48 bits per heavy atom. The van der Waals surface area contributed by atoms with E-state index in [4.69, 9.17) is 9.31 Å². The third-order valence-electron chi connectivity index (χ3n) is 4.30. The van der Waals surface area contributed by atoms with Gasteiger partial charge in [0, 0.05) is 17.9 Å². The van der Waals surface area contributed by atoms with E-state index < -0.39 is 24.4 Å². The van der Waals surface area contributed by atoms with Crippen molar-refractivity contribution >= 4 is 29.7 Å². The summed E-state index contributed by atoms with van der Waals surface area (Å²) in [5.41, 5.74) is 0.772. The maximum absolute atomic E-state index is 11.4. The lowest BCUT2D eigenvalue weighted by Crippen LogP contribution is -2.41. The van der Waals surface area contributed by atoms with Crippen LogP contribution < -0.4 is 5.46 Å². The fourth-order valence-electron chi connectivity index (χ4n) is 2.38. The second-order valence-corrected chi connectivity index (χ2v) is 6.20. The van der Waals surface area contributed by atoms with E-state index >= 15 is 0 Å². The average Bonchev–Trinajstić information content (AvgIpc) is 2.85. The van der Waals surface area contributed by atoms with Crippen LogP contribution in [0.4, 0.5) is 4.79 Å². The van der Waals surface area contributed by atoms with E-state index in [1.807, 2.05) is 27.7 Å². The van der Waals surface area contributed by atoms with Crippen LogP contribution in [0.25, 0.3) is 11.0 Å². The van der Waals surface area contributed by atoms with E-state index in [0.29, 0.717) is 16.5 Å². The zero-order valence-electron chi connectivity index (χ0n) is 12.5. The molecule has 0 aromatic carbocycles. The molecular weight excluding hydrogens is 271 g/mol. The first-order valence-electron chi connectivity index (χ1n) is 6.78. The van der Waals surface area contributed by atoms with Crippen LogP contribution in [0.15, 0.2) is 24.5 Å². The minimum atomic E-state index is -1.06. The van der Waals surface area contributed by atoms with Crippen molar-refractivity contribution in [2.75, 3.05) is 0 Å². The summed E-state index contributed by atoms with van der Waals surface area (Å²) in [5.74, 6) is 0. The van der Waals surface area contributed by atoms with Gasteiger partial charge in [-0.25, -0.2) is 4.79 Å². The molecule has 1 fully saturated rings. The standard InChI is InChI=1S/C14H17BN2O4/c1-13(2)14(3,4)21-15(20-13)9-8-17(12(18)19)10-6-5-7-16-11(9)10/h5-8H,1-4H3,(H,18,19). The Bertz CT molecular complexity index is 707. The van der Waals surface area contributed by atoms with Crippen LogP contribution >= 0.6 is 0 Å². The van der Waals surface area contributed by atoms with Gasteiger partial charge in [0.05, 0.1) is 22.2 Å². The van der Waals surface area contributed by atoms with Crippen LogP contribution in [0.1, 0.15) is 27.7 Å². The third-order valence-corrected chi connectivity index (χ3v) is 4.30. The van der Waals surface area contributed by atoms with Gasteiger partial charge in [-0.05, 0) is 39.8 Å². The summed E-state index contributed by atoms with van der Waals surface area (Å²) < 4.78 is 13.1. The molecule has 110 valence electrons. The van der Waals surface area contributed by atoms with Gasteiger partial charge < -0.3 is 14.4 Å². The Balaban J connectivity index is 2.13. The molecule has 2 aromatic rings. The number of hydrogen-bond acceptors (Lipinski definition) is 4. The van der Waals surface area contributed by atoms with Gasteiger partial charge in [0.25, 0.3) is 0 Å². The topological polar surface area (TPSA) is 73.6 Å². The number of hydrogen-bond donors (Lipinski definition) is 1. The Labute approximate surface area is 122 Å². The molecule has 0 radical (unpaired) electrons. The van der Waals surface area contributed by atoms with Crippen LogP contribution in [0.2, 0.25) is 0 Å². The summed E-state index contributed by atoms with van der Waals surface area (Å²) >= 11 is 0. The number of nitrogens with zero attached hydrogens (tertiary/aromatic N) is 2. The van der Waals surface area contributed by atoms with Gasteiger partial charge in [-0.15, -0.1) is 0 Å². The highest BCUT2D eigenvalue weighted by Crippen LogP contribution is 2.37. The molecule has 0 atom stereocenters. The summed E-state index contributed by atoms with van der Waals surface area (Å²) in [6, 6.07) is 3.42. The number of pyridine rings is 1. The Kier molecular flexibility index (Phi) is 2.90. The molecule has 0 aliphatic carbocycles. The van der Waals surface area contributed by atoms with E-state index in [1.165, 1.54) is 6.20 Å². The van der Waals surface area contributed by atoms with E-state index in [2.05, 4.69) is 4.98 Å². The first-order chi connectivity index (χ1) is 9.73. The van der Waals surface area contributed by atoms with Crippen molar-refractivity contribution in [3.05, 3.63) is 24.5 Å². The van der Waals surface area contributed by atoms with Gasteiger partial charge in [-0.2, -0.15) is 0 Å².